The third kappa shape index (κ3) is 4.79. The van der Waals surface area contributed by atoms with Crippen LogP contribution < -0.4 is 10.6 Å². The molecule has 0 aromatic rings. The van der Waals surface area contributed by atoms with E-state index < -0.39 is 0 Å². The van der Waals surface area contributed by atoms with E-state index in [1.165, 1.54) is 0 Å². The predicted molar refractivity (Wildman–Crippen MR) is 46.4 cm³/mol. The van der Waals surface area contributed by atoms with Crippen LogP contribution in [0.4, 0.5) is 0 Å². The van der Waals surface area contributed by atoms with E-state index in [9.17, 15) is 4.79 Å². The smallest absolute Gasteiger partial charge is 0.220 e. The van der Waals surface area contributed by atoms with Crippen LogP contribution in [-0.4, -0.2) is 26.5 Å². The Bertz CT molecular complexity index is 132. The monoisotopic (exact) mass is 158 g/mol. The lowest BCUT2D eigenvalue weighted by molar-refractivity contribution is -0.122. The van der Waals surface area contributed by atoms with Gasteiger partial charge in [0.15, 0.2) is 0 Å². The summed E-state index contributed by atoms with van der Waals surface area (Å²) < 4.78 is 0. The number of rotatable bonds is 4. The van der Waals surface area contributed by atoms with E-state index in [4.69, 9.17) is 0 Å². The van der Waals surface area contributed by atoms with Crippen molar-refractivity contribution in [3.05, 3.63) is 0 Å². The van der Waals surface area contributed by atoms with Crippen LogP contribution in [0.2, 0.25) is 0 Å². The molecule has 3 nitrogen and oxygen atoms in total. The minimum atomic E-state index is 0.0504. The molecule has 1 amide bonds. The summed E-state index contributed by atoms with van der Waals surface area (Å²) in [7, 11) is 3.56. The Balaban J connectivity index is 3.80. The van der Waals surface area contributed by atoms with Crippen molar-refractivity contribution < 1.29 is 4.79 Å². The average Bonchev–Trinajstić information content (AvgIpc) is 1.86. The molecule has 0 aliphatic rings. The van der Waals surface area contributed by atoms with Crippen LogP contribution in [0, 0.1) is 5.41 Å². The van der Waals surface area contributed by atoms with Gasteiger partial charge in [0.2, 0.25) is 5.91 Å². The van der Waals surface area contributed by atoms with Gasteiger partial charge >= 0.3 is 0 Å². The van der Waals surface area contributed by atoms with Gasteiger partial charge in [-0.3, -0.25) is 4.79 Å². The highest BCUT2D eigenvalue weighted by atomic mass is 16.1. The summed E-state index contributed by atoms with van der Waals surface area (Å²) in [4.78, 5) is 11.0. The first-order valence-electron chi connectivity index (χ1n) is 3.87. The molecule has 0 bridgehead atoms. The standard InChI is InChI=1S/C8H18N2O/c1-8(2,6-9-3)5-7(11)10-4/h9H,5-6H2,1-4H3,(H,10,11). The van der Waals surface area contributed by atoms with Crippen LogP contribution in [0.15, 0.2) is 0 Å². The van der Waals surface area contributed by atoms with Gasteiger partial charge in [0.1, 0.15) is 0 Å². The molecule has 0 unspecified atom stereocenters. The molecule has 0 saturated carbocycles. The molecule has 0 radical (unpaired) electrons. The zero-order chi connectivity index (χ0) is 8.91. The highest BCUT2D eigenvalue weighted by molar-refractivity contribution is 5.76. The molecule has 11 heavy (non-hydrogen) atoms. The van der Waals surface area contributed by atoms with Crippen LogP contribution in [-0.2, 0) is 4.79 Å². The van der Waals surface area contributed by atoms with E-state index in [1.54, 1.807) is 7.05 Å². The molecule has 0 aliphatic heterocycles. The maximum atomic E-state index is 11.0. The van der Waals surface area contributed by atoms with Crippen molar-refractivity contribution in [2.45, 2.75) is 20.3 Å². The van der Waals surface area contributed by atoms with Gasteiger partial charge in [-0.1, -0.05) is 13.8 Å². The Morgan fingerprint density at radius 1 is 1.36 bits per heavy atom. The van der Waals surface area contributed by atoms with Crippen molar-refractivity contribution in [2.75, 3.05) is 20.6 Å². The van der Waals surface area contributed by atoms with E-state index in [2.05, 4.69) is 24.5 Å². The molecular formula is C8H18N2O. The summed E-state index contributed by atoms with van der Waals surface area (Å²) in [6, 6.07) is 0. The second kappa shape index (κ2) is 4.34. The number of nitrogens with one attached hydrogen (secondary N) is 2. The first-order valence-corrected chi connectivity index (χ1v) is 3.87. The van der Waals surface area contributed by atoms with Gasteiger partial charge in [-0.25, -0.2) is 0 Å². The molecule has 0 saturated heterocycles. The SMILES string of the molecule is CNCC(C)(C)CC(=O)NC. The quantitative estimate of drug-likeness (QED) is 0.620. The summed E-state index contributed by atoms with van der Waals surface area (Å²) in [6.45, 7) is 5.00. The lowest BCUT2D eigenvalue weighted by Crippen LogP contribution is -2.32. The molecular weight excluding hydrogens is 140 g/mol. The molecule has 0 heterocycles. The number of carbonyl (C=O) groups is 1. The first-order chi connectivity index (χ1) is 5.02. The van der Waals surface area contributed by atoms with Crippen LogP contribution in [0.25, 0.3) is 0 Å². The average molecular weight is 158 g/mol. The maximum Gasteiger partial charge on any atom is 0.220 e. The van der Waals surface area contributed by atoms with Gasteiger partial charge in [0, 0.05) is 20.0 Å². The van der Waals surface area contributed by atoms with Gasteiger partial charge in [-0.15, -0.1) is 0 Å². The number of amides is 1. The van der Waals surface area contributed by atoms with Crippen LogP contribution in [0.3, 0.4) is 0 Å². The fourth-order valence-corrected chi connectivity index (χ4v) is 1.06. The highest BCUT2D eigenvalue weighted by Crippen LogP contribution is 2.17. The Morgan fingerprint density at radius 2 is 1.91 bits per heavy atom. The highest BCUT2D eigenvalue weighted by Gasteiger charge is 2.19. The summed E-state index contributed by atoms with van der Waals surface area (Å²) in [6.07, 6.45) is 0.574. The molecule has 0 rings (SSSR count). The Hall–Kier alpha value is -0.570. The molecule has 0 aromatic carbocycles. The van der Waals surface area contributed by atoms with Gasteiger partial charge in [-0.2, -0.15) is 0 Å². The minimum Gasteiger partial charge on any atom is -0.359 e. The largest absolute Gasteiger partial charge is 0.359 e. The number of hydrogen-bond donors (Lipinski definition) is 2. The maximum absolute atomic E-state index is 11.0. The topological polar surface area (TPSA) is 41.1 Å². The summed E-state index contributed by atoms with van der Waals surface area (Å²) >= 11 is 0. The Kier molecular flexibility index (Phi) is 4.11. The van der Waals surface area contributed by atoms with Crippen LogP contribution in [0.1, 0.15) is 20.3 Å². The van der Waals surface area contributed by atoms with Crippen LogP contribution in [0.5, 0.6) is 0 Å². The van der Waals surface area contributed by atoms with Gasteiger partial charge in [0.05, 0.1) is 0 Å². The van der Waals surface area contributed by atoms with Gasteiger partial charge in [-0.05, 0) is 12.5 Å². The number of hydrogen-bond acceptors (Lipinski definition) is 2. The summed E-state index contributed by atoms with van der Waals surface area (Å²) in [5.74, 6) is 0.102. The first kappa shape index (κ1) is 10.4. The lowest BCUT2D eigenvalue weighted by atomic mass is 9.89. The van der Waals surface area contributed by atoms with Crippen molar-refractivity contribution in [1.29, 1.82) is 0 Å². The molecule has 0 spiro atoms. The third-order valence-electron chi connectivity index (χ3n) is 1.57. The van der Waals surface area contributed by atoms with Gasteiger partial charge < -0.3 is 10.6 Å². The molecule has 0 atom stereocenters. The Morgan fingerprint density at radius 3 is 2.27 bits per heavy atom. The van der Waals surface area contributed by atoms with Crippen molar-refractivity contribution in [2.24, 2.45) is 5.41 Å². The normalized spacial score (nSPS) is 11.3. The molecule has 2 N–H and O–H groups in total. The molecule has 0 aromatic heterocycles. The molecule has 3 heteroatoms. The predicted octanol–water partition coefficient (Wildman–Crippen LogP) is 0.368. The van der Waals surface area contributed by atoms with Crippen LogP contribution >= 0.6 is 0 Å². The summed E-state index contributed by atoms with van der Waals surface area (Å²) in [5, 5.41) is 5.67. The fraction of sp³-hybridized carbons (Fsp3) is 0.875. The fourth-order valence-electron chi connectivity index (χ4n) is 1.06. The minimum absolute atomic E-state index is 0.0504. The van der Waals surface area contributed by atoms with Crippen molar-refractivity contribution in [3.8, 4) is 0 Å². The van der Waals surface area contributed by atoms with E-state index in [1.807, 2.05) is 7.05 Å². The lowest BCUT2D eigenvalue weighted by Gasteiger charge is -2.22. The van der Waals surface area contributed by atoms with E-state index in [-0.39, 0.29) is 11.3 Å². The summed E-state index contributed by atoms with van der Waals surface area (Å²) in [5.41, 5.74) is 0.0504. The number of carbonyl (C=O) groups excluding carboxylic acids is 1. The van der Waals surface area contributed by atoms with Crippen molar-refractivity contribution in [1.82, 2.24) is 10.6 Å². The molecule has 0 fully saturated rings. The molecule has 66 valence electrons. The second-order valence-electron chi connectivity index (χ2n) is 3.54. The second-order valence-corrected chi connectivity index (χ2v) is 3.54. The Labute approximate surface area is 68.6 Å². The van der Waals surface area contributed by atoms with Crippen molar-refractivity contribution in [3.63, 3.8) is 0 Å². The van der Waals surface area contributed by atoms with E-state index in [0.29, 0.717) is 6.42 Å². The zero-order valence-corrected chi connectivity index (χ0v) is 7.82. The van der Waals surface area contributed by atoms with Crippen molar-refractivity contribution >= 4 is 5.91 Å². The molecule has 0 aliphatic carbocycles. The van der Waals surface area contributed by atoms with Gasteiger partial charge in [0.25, 0.3) is 0 Å². The van der Waals surface area contributed by atoms with E-state index >= 15 is 0 Å². The van der Waals surface area contributed by atoms with E-state index in [0.717, 1.165) is 6.54 Å². The zero-order valence-electron chi connectivity index (χ0n) is 7.82. The third-order valence-corrected chi connectivity index (χ3v) is 1.57.